The summed E-state index contributed by atoms with van der Waals surface area (Å²) >= 11 is 3.31. The lowest BCUT2D eigenvalue weighted by molar-refractivity contribution is 0.155. The average molecular weight is 264 g/mol. The fourth-order valence-electron chi connectivity index (χ4n) is 1.26. The molecule has 4 heteroatoms. The van der Waals surface area contributed by atoms with E-state index in [1.54, 1.807) is 4.90 Å². The first-order chi connectivity index (χ1) is 6.63. The van der Waals surface area contributed by atoms with E-state index in [1.807, 2.05) is 31.2 Å². The molecule has 0 amide bonds. The van der Waals surface area contributed by atoms with E-state index in [0.29, 0.717) is 6.54 Å². The van der Waals surface area contributed by atoms with Crippen molar-refractivity contribution in [2.75, 3.05) is 18.0 Å². The summed E-state index contributed by atoms with van der Waals surface area (Å²) in [6.45, 7) is 2.23. The Labute approximate surface area is 90.8 Å². The van der Waals surface area contributed by atoms with Crippen LogP contribution in [0.4, 0.5) is 14.5 Å². The fraction of sp³-hybridized carbons (Fsp3) is 0.400. The third-order valence-electron chi connectivity index (χ3n) is 1.91. The van der Waals surface area contributed by atoms with Crippen LogP contribution in [0, 0.1) is 0 Å². The Morgan fingerprint density at radius 1 is 1.43 bits per heavy atom. The second-order valence-corrected chi connectivity index (χ2v) is 3.83. The number of benzene rings is 1. The van der Waals surface area contributed by atoms with E-state index in [0.717, 1.165) is 10.2 Å². The molecule has 14 heavy (non-hydrogen) atoms. The number of anilines is 1. The van der Waals surface area contributed by atoms with E-state index < -0.39 is 6.43 Å². The van der Waals surface area contributed by atoms with Gasteiger partial charge in [-0.25, -0.2) is 8.78 Å². The zero-order valence-electron chi connectivity index (χ0n) is 7.88. The highest BCUT2D eigenvalue weighted by atomic mass is 79.9. The quantitative estimate of drug-likeness (QED) is 0.804. The van der Waals surface area contributed by atoms with Gasteiger partial charge >= 0.3 is 0 Å². The molecule has 0 N–H and O–H groups in total. The first-order valence-corrected chi connectivity index (χ1v) is 5.21. The van der Waals surface area contributed by atoms with Gasteiger partial charge in [-0.1, -0.05) is 22.0 Å². The molecule has 1 rings (SSSR count). The molecule has 1 aromatic rings. The van der Waals surface area contributed by atoms with Crippen molar-refractivity contribution in [2.24, 2.45) is 0 Å². The predicted molar refractivity (Wildman–Crippen MR) is 58.0 cm³/mol. The molecule has 0 unspecified atom stereocenters. The van der Waals surface area contributed by atoms with E-state index in [2.05, 4.69) is 15.9 Å². The van der Waals surface area contributed by atoms with Crippen molar-refractivity contribution >= 4 is 21.6 Å². The van der Waals surface area contributed by atoms with Crippen molar-refractivity contribution in [3.63, 3.8) is 0 Å². The van der Waals surface area contributed by atoms with Gasteiger partial charge in [0.25, 0.3) is 6.43 Å². The van der Waals surface area contributed by atoms with Gasteiger partial charge in [-0.2, -0.15) is 0 Å². The molecule has 0 fully saturated rings. The highest BCUT2D eigenvalue weighted by molar-refractivity contribution is 9.10. The van der Waals surface area contributed by atoms with Crippen molar-refractivity contribution < 1.29 is 8.78 Å². The highest BCUT2D eigenvalue weighted by Gasteiger charge is 2.10. The molecule has 0 atom stereocenters. The molecule has 0 aliphatic carbocycles. The van der Waals surface area contributed by atoms with Crippen molar-refractivity contribution in [3.05, 3.63) is 28.7 Å². The molecular weight excluding hydrogens is 252 g/mol. The lowest BCUT2D eigenvalue weighted by Crippen LogP contribution is -2.28. The zero-order valence-corrected chi connectivity index (χ0v) is 9.47. The van der Waals surface area contributed by atoms with Crippen molar-refractivity contribution in [1.82, 2.24) is 0 Å². The van der Waals surface area contributed by atoms with Crippen LogP contribution < -0.4 is 4.90 Å². The number of halogens is 3. The van der Waals surface area contributed by atoms with E-state index in [-0.39, 0.29) is 6.54 Å². The number of alkyl halides is 2. The van der Waals surface area contributed by atoms with Gasteiger partial charge in [-0.15, -0.1) is 0 Å². The second-order valence-electron chi connectivity index (χ2n) is 2.91. The summed E-state index contributed by atoms with van der Waals surface area (Å²) in [6, 6.07) is 7.38. The molecule has 0 radical (unpaired) electrons. The van der Waals surface area contributed by atoms with E-state index in [4.69, 9.17) is 0 Å². The molecule has 1 nitrogen and oxygen atoms in total. The third kappa shape index (κ3) is 3.25. The Morgan fingerprint density at radius 3 is 2.64 bits per heavy atom. The molecule has 78 valence electrons. The monoisotopic (exact) mass is 263 g/mol. The summed E-state index contributed by atoms with van der Waals surface area (Å²) in [5, 5.41) is 0. The minimum atomic E-state index is -2.30. The van der Waals surface area contributed by atoms with Crippen molar-refractivity contribution in [1.29, 1.82) is 0 Å². The molecule has 0 aromatic heterocycles. The largest absolute Gasteiger partial charge is 0.366 e. The highest BCUT2D eigenvalue weighted by Crippen LogP contribution is 2.20. The van der Waals surface area contributed by atoms with E-state index in [1.165, 1.54) is 0 Å². The van der Waals surface area contributed by atoms with Crippen LogP contribution in [0.15, 0.2) is 28.7 Å². The molecule has 1 aromatic carbocycles. The zero-order chi connectivity index (χ0) is 10.6. The maximum atomic E-state index is 12.2. The van der Waals surface area contributed by atoms with E-state index in [9.17, 15) is 8.78 Å². The Hall–Kier alpha value is -0.640. The summed E-state index contributed by atoms with van der Waals surface area (Å²) in [4.78, 5) is 1.65. The van der Waals surface area contributed by atoms with Gasteiger partial charge in [0.15, 0.2) is 0 Å². The lowest BCUT2D eigenvalue weighted by atomic mass is 10.3. The van der Waals surface area contributed by atoms with Crippen LogP contribution in [0.1, 0.15) is 6.92 Å². The maximum absolute atomic E-state index is 12.2. The van der Waals surface area contributed by atoms with Gasteiger partial charge in [0.05, 0.1) is 6.54 Å². The molecule has 0 spiro atoms. The molecule has 0 saturated carbocycles. The summed E-state index contributed by atoms with van der Waals surface area (Å²) < 4.78 is 25.3. The van der Waals surface area contributed by atoms with Gasteiger partial charge in [-0.3, -0.25) is 0 Å². The number of rotatable bonds is 4. The van der Waals surface area contributed by atoms with Gasteiger partial charge in [0, 0.05) is 16.7 Å². The van der Waals surface area contributed by atoms with Crippen LogP contribution in [-0.2, 0) is 0 Å². The van der Waals surface area contributed by atoms with Gasteiger partial charge in [-0.05, 0) is 25.1 Å². The minimum Gasteiger partial charge on any atom is -0.366 e. The Morgan fingerprint density at radius 2 is 2.14 bits per heavy atom. The van der Waals surface area contributed by atoms with E-state index >= 15 is 0 Å². The molecule has 0 bridgehead atoms. The van der Waals surface area contributed by atoms with Gasteiger partial charge < -0.3 is 4.90 Å². The van der Waals surface area contributed by atoms with Gasteiger partial charge in [0.2, 0.25) is 0 Å². The normalized spacial score (nSPS) is 10.6. The van der Waals surface area contributed by atoms with Crippen LogP contribution in [0.5, 0.6) is 0 Å². The lowest BCUT2D eigenvalue weighted by Gasteiger charge is -2.22. The molecule has 0 aliphatic heterocycles. The smallest absolute Gasteiger partial charge is 0.255 e. The minimum absolute atomic E-state index is 0.215. The number of nitrogens with zero attached hydrogens (tertiary/aromatic N) is 1. The topological polar surface area (TPSA) is 3.24 Å². The summed E-state index contributed by atoms with van der Waals surface area (Å²) in [7, 11) is 0. The SMILES string of the molecule is CCN(CC(F)F)c1cccc(Br)c1. The Balaban J connectivity index is 2.78. The summed E-state index contributed by atoms with van der Waals surface area (Å²) in [5.74, 6) is 0. The van der Waals surface area contributed by atoms with Crippen molar-refractivity contribution in [2.45, 2.75) is 13.3 Å². The average Bonchev–Trinajstić information content (AvgIpc) is 2.14. The standard InChI is InChI=1S/C10H12BrF2N/c1-2-14(7-10(12)13)9-5-3-4-8(11)6-9/h3-6,10H,2,7H2,1H3. The first-order valence-electron chi connectivity index (χ1n) is 4.42. The summed E-state index contributed by atoms with van der Waals surface area (Å²) in [6.07, 6.45) is -2.30. The van der Waals surface area contributed by atoms with Crippen LogP contribution in [0.3, 0.4) is 0 Å². The maximum Gasteiger partial charge on any atom is 0.255 e. The Kier molecular flexibility index (Phi) is 4.32. The number of hydrogen-bond acceptors (Lipinski definition) is 1. The molecule has 0 saturated heterocycles. The van der Waals surface area contributed by atoms with Crippen LogP contribution in [0.2, 0.25) is 0 Å². The molecular formula is C10H12BrF2N. The second kappa shape index (κ2) is 5.29. The van der Waals surface area contributed by atoms with Crippen LogP contribution in [0.25, 0.3) is 0 Å². The third-order valence-corrected chi connectivity index (χ3v) is 2.41. The van der Waals surface area contributed by atoms with Crippen LogP contribution in [-0.4, -0.2) is 19.5 Å². The predicted octanol–water partition coefficient (Wildman–Crippen LogP) is 3.54. The number of hydrogen-bond donors (Lipinski definition) is 0. The van der Waals surface area contributed by atoms with Gasteiger partial charge in [0.1, 0.15) is 0 Å². The summed E-state index contributed by atoms with van der Waals surface area (Å²) in [5.41, 5.74) is 0.821. The molecule has 0 heterocycles. The fourth-order valence-corrected chi connectivity index (χ4v) is 1.64. The van der Waals surface area contributed by atoms with Crippen molar-refractivity contribution in [3.8, 4) is 0 Å². The van der Waals surface area contributed by atoms with Crippen LogP contribution >= 0.6 is 15.9 Å². The Bertz CT molecular complexity index is 291. The first kappa shape index (κ1) is 11.4. The molecule has 0 aliphatic rings.